The van der Waals surface area contributed by atoms with Gasteiger partial charge >= 0.3 is 0 Å². The Morgan fingerprint density at radius 1 is 1.00 bits per heavy atom. The Hall–Kier alpha value is -4.30. The van der Waals surface area contributed by atoms with Gasteiger partial charge in [-0.2, -0.15) is 5.10 Å². The molecule has 2 fully saturated rings. The third-order valence-electron chi connectivity index (χ3n) is 7.76. The topological polar surface area (TPSA) is 88.3 Å². The van der Waals surface area contributed by atoms with Crippen molar-refractivity contribution in [2.75, 3.05) is 31.2 Å². The molecule has 0 radical (unpaired) electrons. The van der Waals surface area contributed by atoms with Crippen LogP contribution in [0.2, 0.25) is 0 Å². The number of nitro groups is 1. The summed E-state index contributed by atoms with van der Waals surface area (Å²) in [5.41, 5.74) is 4.88. The van der Waals surface area contributed by atoms with Gasteiger partial charge in [-0.05, 0) is 54.2 Å². The average Bonchev–Trinajstić information content (AvgIpc) is 3.38. The third kappa shape index (κ3) is 4.95. The zero-order valence-electron chi connectivity index (χ0n) is 21.6. The number of amides is 1. The maximum absolute atomic E-state index is 14.0. The minimum atomic E-state index is -0.410. The third-order valence-corrected chi connectivity index (χ3v) is 7.76. The summed E-state index contributed by atoms with van der Waals surface area (Å²) in [6, 6.07) is 24.6. The van der Waals surface area contributed by atoms with E-state index in [2.05, 4.69) is 18.2 Å². The summed E-state index contributed by atoms with van der Waals surface area (Å²) in [4.78, 5) is 27.6. The normalized spacial score (nSPS) is 21.9. The Kier molecular flexibility index (Phi) is 6.94. The van der Waals surface area contributed by atoms with Crippen molar-refractivity contribution in [1.82, 2.24) is 5.01 Å². The molecule has 0 spiro atoms. The quantitative estimate of drug-likeness (QED) is 0.309. The first-order chi connectivity index (χ1) is 19.1. The predicted molar refractivity (Wildman–Crippen MR) is 151 cm³/mol. The highest BCUT2D eigenvalue weighted by atomic mass is 16.6. The van der Waals surface area contributed by atoms with Crippen LogP contribution in [0, 0.1) is 16.0 Å². The summed E-state index contributed by atoms with van der Waals surface area (Å²) >= 11 is 0. The van der Waals surface area contributed by atoms with E-state index in [4.69, 9.17) is 9.84 Å². The number of hydrazone groups is 1. The smallest absolute Gasteiger partial charge is 0.293 e. The van der Waals surface area contributed by atoms with Crippen molar-refractivity contribution < 1.29 is 14.5 Å². The molecule has 1 aliphatic carbocycles. The van der Waals surface area contributed by atoms with Crippen molar-refractivity contribution in [2.24, 2.45) is 11.0 Å². The molecule has 3 aromatic carbocycles. The molecule has 1 saturated heterocycles. The number of hydrogen-bond donors (Lipinski definition) is 0. The first-order valence-electron chi connectivity index (χ1n) is 13.4. The van der Waals surface area contributed by atoms with Crippen molar-refractivity contribution in [3.05, 3.63) is 111 Å². The first kappa shape index (κ1) is 25.0. The summed E-state index contributed by atoms with van der Waals surface area (Å²) < 4.78 is 5.41. The van der Waals surface area contributed by atoms with Gasteiger partial charge in [0.15, 0.2) is 0 Å². The molecular weight excluding hydrogens is 492 g/mol. The van der Waals surface area contributed by atoms with Gasteiger partial charge in [-0.15, -0.1) is 0 Å². The molecule has 3 aliphatic rings. The number of ether oxygens (including phenoxy) is 1. The molecule has 3 aromatic rings. The molecule has 2 atom stereocenters. The van der Waals surface area contributed by atoms with Gasteiger partial charge in [-0.1, -0.05) is 60.7 Å². The van der Waals surface area contributed by atoms with Crippen molar-refractivity contribution in [3.8, 4) is 0 Å². The monoisotopic (exact) mass is 522 g/mol. The molecule has 0 N–H and O–H groups in total. The lowest BCUT2D eigenvalue weighted by molar-refractivity contribution is -0.384. The summed E-state index contributed by atoms with van der Waals surface area (Å²) in [5.74, 6) is -0.274. The van der Waals surface area contributed by atoms with Crippen LogP contribution in [0.15, 0.2) is 89.5 Å². The van der Waals surface area contributed by atoms with Crippen LogP contribution < -0.4 is 4.90 Å². The van der Waals surface area contributed by atoms with Gasteiger partial charge in [0.1, 0.15) is 5.69 Å². The number of benzene rings is 3. The van der Waals surface area contributed by atoms with Crippen molar-refractivity contribution in [3.63, 3.8) is 0 Å². The van der Waals surface area contributed by atoms with E-state index in [1.54, 1.807) is 17.1 Å². The number of anilines is 1. The highest BCUT2D eigenvalue weighted by Crippen LogP contribution is 2.45. The molecule has 1 amide bonds. The van der Waals surface area contributed by atoms with E-state index in [1.165, 1.54) is 6.07 Å². The lowest BCUT2D eigenvalue weighted by Crippen LogP contribution is -2.36. The summed E-state index contributed by atoms with van der Waals surface area (Å²) in [6.45, 7) is 2.18. The number of carbonyl (C=O) groups excluding carboxylic acids is 1. The maximum atomic E-state index is 14.0. The number of carbonyl (C=O) groups is 1. The van der Waals surface area contributed by atoms with E-state index in [1.807, 2.05) is 53.4 Å². The summed E-state index contributed by atoms with van der Waals surface area (Å²) in [5, 5.41) is 18.6. The number of nitro benzene ring substituents is 1. The Labute approximate surface area is 227 Å². The van der Waals surface area contributed by atoms with Gasteiger partial charge in [-0.25, -0.2) is 5.01 Å². The van der Waals surface area contributed by atoms with E-state index in [0.717, 1.165) is 41.7 Å². The van der Waals surface area contributed by atoms with Gasteiger partial charge in [0.05, 0.1) is 29.9 Å². The fourth-order valence-electron chi connectivity index (χ4n) is 5.91. The minimum Gasteiger partial charge on any atom is -0.378 e. The number of fused-ring (bicyclic) bond motifs is 1. The molecule has 1 saturated carbocycles. The van der Waals surface area contributed by atoms with Crippen LogP contribution in [0.1, 0.15) is 46.8 Å². The van der Waals surface area contributed by atoms with E-state index < -0.39 is 4.92 Å². The van der Waals surface area contributed by atoms with E-state index >= 15 is 0 Å². The lowest BCUT2D eigenvalue weighted by Gasteiger charge is -2.30. The molecule has 0 aromatic heterocycles. The van der Waals surface area contributed by atoms with Crippen molar-refractivity contribution >= 4 is 29.1 Å². The zero-order valence-corrected chi connectivity index (χ0v) is 21.6. The Balaban J connectivity index is 1.39. The molecule has 0 bridgehead atoms. The van der Waals surface area contributed by atoms with Gasteiger partial charge in [0, 0.05) is 30.6 Å². The fourth-order valence-corrected chi connectivity index (χ4v) is 5.91. The SMILES string of the molecule is O=C(c1ccc(N2CCOCC2)c([N+](=O)[O-])c1)N1N=C2/C(=C/c3ccccc3)CCC[C@H]2[C@H]1c1ccccc1. The van der Waals surface area contributed by atoms with Crippen LogP contribution in [0.4, 0.5) is 11.4 Å². The summed E-state index contributed by atoms with van der Waals surface area (Å²) in [6.07, 6.45) is 4.99. The molecule has 2 aliphatic heterocycles. The van der Waals surface area contributed by atoms with Gasteiger partial charge in [0.2, 0.25) is 0 Å². The van der Waals surface area contributed by atoms with Gasteiger partial charge in [0.25, 0.3) is 11.6 Å². The second-order valence-electron chi connectivity index (χ2n) is 10.1. The van der Waals surface area contributed by atoms with Crippen LogP contribution in [-0.4, -0.2) is 47.9 Å². The highest BCUT2D eigenvalue weighted by Gasteiger charge is 2.44. The zero-order chi connectivity index (χ0) is 26.8. The lowest BCUT2D eigenvalue weighted by atomic mass is 9.77. The number of allylic oxidation sites excluding steroid dienone is 1. The molecule has 8 nitrogen and oxygen atoms in total. The molecule has 198 valence electrons. The second kappa shape index (κ2) is 10.8. The van der Waals surface area contributed by atoms with E-state index in [-0.39, 0.29) is 29.1 Å². The maximum Gasteiger partial charge on any atom is 0.293 e. The molecule has 39 heavy (non-hydrogen) atoms. The molecule has 0 unspecified atom stereocenters. The Morgan fingerprint density at radius 2 is 1.72 bits per heavy atom. The van der Waals surface area contributed by atoms with Crippen LogP contribution in [0.5, 0.6) is 0 Å². The largest absolute Gasteiger partial charge is 0.378 e. The predicted octanol–water partition coefficient (Wildman–Crippen LogP) is 5.87. The van der Waals surface area contributed by atoms with Crippen LogP contribution in [-0.2, 0) is 4.74 Å². The van der Waals surface area contributed by atoms with Gasteiger partial charge < -0.3 is 9.64 Å². The standard InChI is InChI=1S/C31H30N4O4/c36-31(25-14-15-27(28(21-25)35(37)38)33-16-18-39-19-17-33)34-30(23-10-5-2-6-11-23)26-13-7-12-24(29(26)32-34)20-22-8-3-1-4-9-22/h1-6,8-11,14-15,20-21,26,30H,7,12-13,16-19H2/b24-20+/t26-,30-/m1/s1. The molecule has 8 heteroatoms. The van der Waals surface area contributed by atoms with Gasteiger partial charge in [-0.3, -0.25) is 14.9 Å². The molecule has 6 rings (SSSR count). The Bertz CT molecular complexity index is 1430. The number of rotatable bonds is 5. The summed E-state index contributed by atoms with van der Waals surface area (Å²) in [7, 11) is 0. The number of morpholine rings is 1. The highest BCUT2D eigenvalue weighted by molar-refractivity contribution is 6.09. The molecule has 2 heterocycles. The fraction of sp³-hybridized carbons (Fsp3) is 0.290. The van der Waals surface area contributed by atoms with E-state index in [9.17, 15) is 14.9 Å². The number of nitrogens with zero attached hydrogens (tertiary/aromatic N) is 4. The van der Waals surface area contributed by atoms with Crippen LogP contribution in [0.25, 0.3) is 6.08 Å². The Morgan fingerprint density at radius 3 is 2.44 bits per heavy atom. The number of hydrogen-bond acceptors (Lipinski definition) is 6. The van der Waals surface area contributed by atoms with Crippen molar-refractivity contribution in [1.29, 1.82) is 0 Å². The average molecular weight is 523 g/mol. The minimum absolute atomic E-state index is 0.0580. The second-order valence-corrected chi connectivity index (χ2v) is 10.1. The van der Waals surface area contributed by atoms with Crippen LogP contribution in [0.3, 0.4) is 0 Å². The molecular formula is C31H30N4O4. The van der Waals surface area contributed by atoms with Crippen molar-refractivity contribution in [2.45, 2.75) is 25.3 Å². The first-order valence-corrected chi connectivity index (χ1v) is 13.4. The van der Waals surface area contributed by atoms with E-state index in [0.29, 0.717) is 32.0 Å². The van der Waals surface area contributed by atoms with Crippen LogP contribution >= 0.6 is 0 Å².